The Hall–Kier alpha value is -4.13. The van der Waals surface area contributed by atoms with E-state index in [0.29, 0.717) is 40.9 Å². The zero-order chi connectivity index (χ0) is 25.0. The van der Waals surface area contributed by atoms with Gasteiger partial charge in [-0.15, -0.1) is 0 Å². The number of nitrogens with zero attached hydrogens (tertiary/aromatic N) is 1. The number of hydrogen-bond acceptors (Lipinski definition) is 6. The molecule has 0 fully saturated rings. The Morgan fingerprint density at radius 3 is 2.37 bits per heavy atom. The van der Waals surface area contributed by atoms with E-state index in [-0.39, 0.29) is 12.5 Å². The Bertz CT molecular complexity index is 1140. The van der Waals surface area contributed by atoms with E-state index in [0.717, 1.165) is 6.42 Å². The van der Waals surface area contributed by atoms with Gasteiger partial charge in [-0.2, -0.15) is 5.10 Å². The van der Waals surface area contributed by atoms with Crippen molar-refractivity contribution in [2.24, 2.45) is 5.10 Å². The molecule has 0 unspecified atom stereocenters. The summed E-state index contributed by atoms with van der Waals surface area (Å²) in [6, 6.07) is 21.5. The predicted molar refractivity (Wildman–Crippen MR) is 135 cm³/mol. The van der Waals surface area contributed by atoms with Crippen molar-refractivity contribution >= 4 is 18.1 Å². The maximum Gasteiger partial charge on any atom is 0.343 e. The van der Waals surface area contributed by atoms with Crippen molar-refractivity contribution in [1.82, 2.24) is 5.43 Å². The lowest BCUT2D eigenvalue weighted by molar-refractivity contribution is -0.123. The number of rotatable bonds is 11. The highest BCUT2D eigenvalue weighted by Gasteiger charge is 2.13. The van der Waals surface area contributed by atoms with Gasteiger partial charge in [0.15, 0.2) is 18.1 Å². The van der Waals surface area contributed by atoms with Crippen molar-refractivity contribution in [3.05, 3.63) is 89.5 Å². The second-order valence-electron chi connectivity index (χ2n) is 7.85. The minimum Gasteiger partial charge on any atom is -0.490 e. The average Bonchev–Trinajstić information content (AvgIpc) is 2.89. The summed E-state index contributed by atoms with van der Waals surface area (Å²) in [5.41, 5.74) is 4.78. The van der Waals surface area contributed by atoms with Crippen LogP contribution in [0, 0.1) is 0 Å². The van der Waals surface area contributed by atoms with Gasteiger partial charge < -0.3 is 14.2 Å². The normalized spacial score (nSPS) is 11.6. The Kier molecular flexibility index (Phi) is 9.42. The van der Waals surface area contributed by atoms with Crippen molar-refractivity contribution in [1.29, 1.82) is 0 Å². The smallest absolute Gasteiger partial charge is 0.343 e. The number of amides is 1. The van der Waals surface area contributed by atoms with Crippen LogP contribution in [0.25, 0.3) is 0 Å². The quantitative estimate of drug-likeness (QED) is 0.175. The number of carbonyl (C=O) groups is 2. The summed E-state index contributed by atoms with van der Waals surface area (Å²) in [6.45, 7) is 6.39. The maximum atomic E-state index is 12.4. The molecule has 0 aromatic heterocycles. The summed E-state index contributed by atoms with van der Waals surface area (Å²) >= 11 is 0. The molecule has 0 heterocycles. The van der Waals surface area contributed by atoms with E-state index in [1.807, 2.05) is 37.3 Å². The number of carbonyl (C=O) groups excluding carboxylic acids is 2. The Balaban J connectivity index is 1.54. The molecule has 3 aromatic carbocycles. The molecule has 0 bridgehead atoms. The first-order valence-electron chi connectivity index (χ1n) is 11.6. The van der Waals surface area contributed by atoms with Crippen LogP contribution in [0.3, 0.4) is 0 Å². The highest BCUT2D eigenvalue weighted by molar-refractivity contribution is 5.91. The number of esters is 1. The number of benzene rings is 3. The Labute approximate surface area is 205 Å². The van der Waals surface area contributed by atoms with Gasteiger partial charge in [0.2, 0.25) is 0 Å². The van der Waals surface area contributed by atoms with Crippen LogP contribution in [-0.4, -0.2) is 31.3 Å². The summed E-state index contributed by atoms with van der Waals surface area (Å²) in [7, 11) is 0. The average molecular weight is 475 g/mol. The molecule has 7 heteroatoms. The molecular formula is C28H30N2O5. The van der Waals surface area contributed by atoms with E-state index in [2.05, 4.69) is 24.4 Å². The largest absolute Gasteiger partial charge is 0.490 e. The molecule has 3 rings (SSSR count). The summed E-state index contributed by atoms with van der Waals surface area (Å²) < 4.78 is 16.6. The van der Waals surface area contributed by atoms with Gasteiger partial charge in [0.05, 0.1) is 18.4 Å². The number of hydrogen-bond donors (Lipinski definition) is 1. The van der Waals surface area contributed by atoms with E-state index in [4.69, 9.17) is 14.2 Å². The molecule has 1 amide bonds. The summed E-state index contributed by atoms with van der Waals surface area (Å²) in [5, 5.41) is 3.97. The van der Waals surface area contributed by atoms with Gasteiger partial charge in [-0.1, -0.05) is 44.2 Å². The van der Waals surface area contributed by atoms with Gasteiger partial charge in [0, 0.05) is 0 Å². The Morgan fingerprint density at radius 2 is 1.69 bits per heavy atom. The SMILES string of the molecule is CCOc1cc(/C=N\NC(=O)COc2ccc([C@@H](C)CC)cc2)ccc1OC(=O)c1ccccc1. The van der Waals surface area contributed by atoms with Crippen LogP contribution in [0.5, 0.6) is 17.2 Å². The molecule has 0 aliphatic rings. The van der Waals surface area contributed by atoms with Crippen molar-refractivity contribution in [2.45, 2.75) is 33.1 Å². The van der Waals surface area contributed by atoms with Crippen LogP contribution in [0.15, 0.2) is 77.9 Å². The molecule has 1 N–H and O–H groups in total. The molecule has 1 atom stereocenters. The molecular weight excluding hydrogens is 444 g/mol. The van der Waals surface area contributed by atoms with Crippen molar-refractivity contribution < 1.29 is 23.8 Å². The zero-order valence-electron chi connectivity index (χ0n) is 20.2. The standard InChI is InChI=1S/C28H30N2O5/c1-4-20(3)22-12-14-24(15-13-22)34-19-27(31)30-29-18-21-11-16-25(26(17-21)33-5-2)35-28(32)23-9-7-6-8-10-23/h6-18,20H,4-5,19H2,1-3H3,(H,30,31)/b29-18-/t20-/m0/s1. The number of nitrogens with one attached hydrogen (secondary N) is 1. The first-order valence-corrected chi connectivity index (χ1v) is 11.6. The van der Waals surface area contributed by atoms with E-state index in [1.165, 1.54) is 11.8 Å². The lowest BCUT2D eigenvalue weighted by atomic mass is 9.99. The molecule has 3 aromatic rings. The van der Waals surface area contributed by atoms with Gasteiger partial charge in [-0.3, -0.25) is 4.79 Å². The lowest BCUT2D eigenvalue weighted by Crippen LogP contribution is -2.24. The zero-order valence-corrected chi connectivity index (χ0v) is 20.2. The van der Waals surface area contributed by atoms with Gasteiger partial charge >= 0.3 is 5.97 Å². The van der Waals surface area contributed by atoms with Gasteiger partial charge in [0.1, 0.15) is 5.75 Å². The number of ether oxygens (including phenoxy) is 3. The molecule has 0 spiro atoms. The molecule has 7 nitrogen and oxygen atoms in total. The predicted octanol–water partition coefficient (Wildman–Crippen LogP) is 5.35. The van der Waals surface area contributed by atoms with E-state index >= 15 is 0 Å². The fraction of sp³-hybridized carbons (Fsp3) is 0.250. The second kappa shape index (κ2) is 12.9. The highest BCUT2D eigenvalue weighted by Crippen LogP contribution is 2.29. The molecule has 0 radical (unpaired) electrons. The molecule has 182 valence electrons. The third-order valence-electron chi connectivity index (χ3n) is 5.31. The first kappa shape index (κ1) is 25.5. The van der Waals surface area contributed by atoms with E-state index < -0.39 is 5.97 Å². The van der Waals surface area contributed by atoms with Gasteiger partial charge in [-0.25, -0.2) is 10.2 Å². The molecule has 0 saturated heterocycles. The summed E-state index contributed by atoms with van der Waals surface area (Å²) in [6.07, 6.45) is 2.54. The fourth-order valence-corrected chi connectivity index (χ4v) is 3.18. The van der Waals surface area contributed by atoms with E-state index in [9.17, 15) is 9.59 Å². The summed E-state index contributed by atoms with van der Waals surface area (Å²) in [5.74, 6) is 0.944. The lowest BCUT2D eigenvalue weighted by Gasteiger charge is -2.11. The van der Waals surface area contributed by atoms with Crippen LogP contribution < -0.4 is 19.6 Å². The van der Waals surface area contributed by atoms with Gasteiger partial charge in [0.25, 0.3) is 5.91 Å². The third-order valence-corrected chi connectivity index (χ3v) is 5.31. The van der Waals surface area contributed by atoms with Crippen molar-refractivity contribution in [3.8, 4) is 17.2 Å². The van der Waals surface area contributed by atoms with Crippen LogP contribution in [0.4, 0.5) is 0 Å². The molecule has 35 heavy (non-hydrogen) atoms. The highest BCUT2D eigenvalue weighted by atomic mass is 16.6. The first-order chi connectivity index (χ1) is 17.0. The van der Waals surface area contributed by atoms with E-state index in [1.54, 1.807) is 42.5 Å². The minimum atomic E-state index is -0.477. The van der Waals surface area contributed by atoms with Crippen LogP contribution in [0.1, 0.15) is 54.6 Å². The number of hydrazone groups is 1. The Morgan fingerprint density at radius 1 is 0.943 bits per heavy atom. The van der Waals surface area contributed by atoms with Crippen LogP contribution >= 0.6 is 0 Å². The monoisotopic (exact) mass is 474 g/mol. The molecule has 0 aliphatic heterocycles. The third kappa shape index (κ3) is 7.71. The molecule has 0 saturated carbocycles. The van der Waals surface area contributed by atoms with Crippen molar-refractivity contribution in [2.75, 3.05) is 13.2 Å². The second-order valence-corrected chi connectivity index (χ2v) is 7.85. The topological polar surface area (TPSA) is 86.2 Å². The van der Waals surface area contributed by atoms with Crippen LogP contribution in [-0.2, 0) is 4.79 Å². The summed E-state index contributed by atoms with van der Waals surface area (Å²) in [4.78, 5) is 24.4. The molecule has 0 aliphatic carbocycles. The fourth-order valence-electron chi connectivity index (χ4n) is 3.18. The maximum absolute atomic E-state index is 12.4. The van der Waals surface area contributed by atoms with Crippen LogP contribution in [0.2, 0.25) is 0 Å². The van der Waals surface area contributed by atoms with Gasteiger partial charge in [-0.05, 0) is 72.9 Å². The van der Waals surface area contributed by atoms with Crippen molar-refractivity contribution in [3.63, 3.8) is 0 Å². The minimum absolute atomic E-state index is 0.154.